The fourth-order valence-corrected chi connectivity index (χ4v) is 4.75. The van der Waals surface area contributed by atoms with Gasteiger partial charge in [0.1, 0.15) is 0 Å². The van der Waals surface area contributed by atoms with E-state index in [1.54, 1.807) is 28.9 Å². The normalized spacial score (nSPS) is 15.5. The van der Waals surface area contributed by atoms with Gasteiger partial charge in [0.2, 0.25) is 0 Å². The van der Waals surface area contributed by atoms with Gasteiger partial charge in [-0.3, -0.25) is 14.7 Å². The van der Waals surface area contributed by atoms with Gasteiger partial charge in [-0.15, -0.1) is 11.8 Å². The lowest BCUT2D eigenvalue weighted by Crippen LogP contribution is -2.41. The van der Waals surface area contributed by atoms with E-state index in [4.69, 9.17) is 4.74 Å². The van der Waals surface area contributed by atoms with Crippen molar-refractivity contribution in [2.75, 3.05) is 17.3 Å². The van der Waals surface area contributed by atoms with E-state index in [1.807, 2.05) is 54.6 Å². The molecule has 2 heterocycles. The number of thioether (sulfide) groups is 1. The molecule has 0 radical (unpaired) electrons. The van der Waals surface area contributed by atoms with Gasteiger partial charge in [0.15, 0.2) is 6.61 Å². The van der Waals surface area contributed by atoms with Crippen LogP contribution in [-0.4, -0.2) is 29.2 Å². The number of hydrogen-bond acceptors (Lipinski definition) is 5. The number of aromatic nitrogens is 1. The Morgan fingerprint density at radius 1 is 1.10 bits per heavy atom. The molecule has 1 aromatic heterocycles. The smallest absolute Gasteiger partial charge is 0.340 e. The third-order valence-electron chi connectivity index (χ3n) is 4.55. The van der Waals surface area contributed by atoms with Crippen molar-refractivity contribution in [2.24, 2.45) is 0 Å². The monoisotopic (exact) mass is 468 g/mol. The van der Waals surface area contributed by atoms with Crippen LogP contribution in [0.5, 0.6) is 0 Å². The van der Waals surface area contributed by atoms with E-state index in [2.05, 4.69) is 20.9 Å². The second-order valence-corrected chi connectivity index (χ2v) is 8.41. The van der Waals surface area contributed by atoms with E-state index in [0.29, 0.717) is 10.0 Å². The van der Waals surface area contributed by atoms with Gasteiger partial charge >= 0.3 is 5.97 Å². The zero-order valence-electron chi connectivity index (χ0n) is 15.3. The first-order chi connectivity index (χ1) is 14.1. The Bertz CT molecular complexity index is 1040. The van der Waals surface area contributed by atoms with Crippen molar-refractivity contribution in [2.45, 2.75) is 10.9 Å². The minimum Gasteiger partial charge on any atom is -0.452 e. The number of amides is 1. The Hall–Kier alpha value is -2.64. The SMILES string of the molecule is O=C(OCC(=O)N1c2ccccc2SCC1c1ccccc1)c1cncc(Br)c1. The molecule has 146 valence electrons. The largest absolute Gasteiger partial charge is 0.452 e. The van der Waals surface area contributed by atoms with E-state index < -0.39 is 5.97 Å². The molecule has 1 aliphatic rings. The predicted octanol–water partition coefficient (Wildman–Crippen LogP) is 4.88. The summed E-state index contributed by atoms with van der Waals surface area (Å²) in [6, 6.07) is 19.2. The minimum atomic E-state index is -0.580. The molecule has 0 bridgehead atoms. The third kappa shape index (κ3) is 4.36. The van der Waals surface area contributed by atoms with Crippen LogP contribution in [0, 0.1) is 0 Å². The van der Waals surface area contributed by atoms with Crippen molar-refractivity contribution in [1.82, 2.24) is 4.98 Å². The highest BCUT2D eigenvalue weighted by molar-refractivity contribution is 9.10. The molecule has 0 fully saturated rings. The molecule has 7 heteroatoms. The number of para-hydroxylation sites is 1. The van der Waals surface area contributed by atoms with Crippen LogP contribution >= 0.6 is 27.7 Å². The van der Waals surface area contributed by atoms with Gasteiger partial charge in [0.25, 0.3) is 5.91 Å². The lowest BCUT2D eigenvalue weighted by Gasteiger charge is -2.37. The Morgan fingerprint density at radius 2 is 1.86 bits per heavy atom. The van der Waals surface area contributed by atoms with Gasteiger partial charge in [0.05, 0.1) is 17.3 Å². The van der Waals surface area contributed by atoms with Crippen LogP contribution in [-0.2, 0) is 9.53 Å². The van der Waals surface area contributed by atoms with Crippen LogP contribution in [0.25, 0.3) is 0 Å². The molecular weight excluding hydrogens is 452 g/mol. The topological polar surface area (TPSA) is 59.5 Å². The molecule has 3 aromatic rings. The minimum absolute atomic E-state index is 0.130. The van der Waals surface area contributed by atoms with Crippen LogP contribution in [0.2, 0.25) is 0 Å². The molecular formula is C22H17BrN2O3S. The quantitative estimate of drug-likeness (QED) is 0.510. The summed E-state index contributed by atoms with van der Waals surface area (Å²) in [7, 11) is 0. The average Bonchev–Trinajstić information content (AvgIpc) is 2.77. The summed E-state index contributed by atoms with van der Waals surface area (Å²) >= 11 is 5.00. The fraction of sp³-hybridized carbons (Fsp3) is 0.136. The Balaban J connectivity index is 1.57. The number of benzene rings is 2. The highest BCUT2D eigenvalue weighted by atomic mass is 79.9. The number of carbonyl (C=O) groups is 2. The molecule has 29 heavy (non-hydrogen) atoms. The summed E-state index contributed by atoms with van der Waals surface area (Å²) < 4.78 is 5.97. The molecule has 0 spiro atoms. The van der Waals surface area contributed by atoms with Crippen LogP contribution < -0.4 is 4.90 Å². The second kappa shape index (κ2) is 8.80. The van der Waals surface area contributed by atoms with Gasteiger partial charge in [0, 0.05) is 27.5 Å². The Labute approximate surface area is 181 Å². The first kappa shape index (κ1) is 19.7. The zero-order valence-corrected chi connectivity index (χ0v) is 17.7. The average molecular weight is 469 g/mol. The summed E-state index contributed by atoms with van der Waals surface area (Å²) in [6.45, 7) is -0.340. The first-order valence-corrected chi connectivity index (χ1v) is 10.8. The van der Waals surface area contributed by atoms with Crippen molar-refractivity contribution in [3.63, 3.8) is 0 Å². The number of pyridine rings is 1. The predicted molar refractivity (Wildman–Crippen MR) is 116 cm³/mol. The molecule has 2 aromatic carbocycles. The molecule has 1 atom stereocenters. The van der Waals surface area contributed by atoms with Crippen LogP contribution in [0.3, 0.4) is 0 Å². The number of halogens is 1. The number of nitrogens with zero attached hydrogens (tertiary/aromatic N) is 2. The van der Waals surface area contributed by atoms with Crippen LogP contribution in [0.1, 0.15) is 22.0 Å². The molecule has 5 nitrogen and oxygen atoms in total. The van der Waals surface area contributed by atoms with Crippen molar-refractivity contribution < 1.29 is 14.3 Å². The van der Waals surface area contributed by atoms with Gasteiger partial charge in [-0.25, -0.2) is 4.79 Å². The van der Waals surface area contributed by atoms with Crippen molar-refractivity contribution in [1.29, 1.82) is 0 Å². The maximum Gasteiger partial charge on any atom is 0.340 e. The highest BCUT2D eigenvalue weighted by Crippen LogP contribution is 2.43. The maximum atomic E-state index is 13.2. The molecule has 1 amide bonds. The van der Waals surface area contributed by atoms with Crippen molar-refractivity contribution in [3.05, 3.63) is 88.7 Å². The first-order valence-electron chi connectivity index (χ1n) is 9.00. The van der Waals surface area contributed by atoms with Gasteiger partial charge in [-0.1, -0.05) is 42.5 Å². The van der Waals surface area contributed by atoms with Crippen molar-refractivity contribution in [3.8, 4) is 0 Å². The Kier molecular flexibility index (Phi) is 5.97. The number of ether oxygens (including phenoxy) is 1. The summed E-state index contributed by atoms with van der Waals surface area (Å²) in [6.07, 6.45) is 2.99. The molecule has 0 saturated carbocycles. The fourth-order valence-electron chi connectivity index (χ4n) is 3.22. The van der Waals surface area contributed by atoms with Crippen LogP contribution in [0.4, 0.5) is 5.69 Å². The zero-order chi connectivity index (χ0) is 20.2. The van der Waals surface area contributed by atoms with Gasteiger partial charge in [-0.2, -0.15) is 0 Å². The standard InChI is InChI=1S/C22H17BrN2O3S/c23-17-10-16(11-24-12-17)22(27)28-13-21(26)25-18-8-4-5-9-20(18)29-14-19(25)15-6-2-1-3-7-15/h1-12,19H,13-14H2. The summed E-state index contributed by atoms with van der Waals surface area (Å²) in [5.74, 6) is -0.109. The maximum absolute atomic E-state index is 13.2. The van der Waals surface area contributed by atoms with E-state index in [9.17, 15) is 9.59 Å². The third-order valence-corrected chi connectivity index (χ3v) is 6.13. The highest BCUT2D eigenvalue weighted by Gasteiger charge is 2.32. The number of fused-ring (bicyclic) bond motifs is 1. The van der Waals surface area contributed by atoms with E-state index in [1.165, 1.54) is 6.20 Å². The molecule has 0 aliphatic carbocycles. The molecule has 4 rings (SSSR count). The summed E-state index contributed by atoms with van der Waals surface area (Å²) in [5.41, 5.74) is 2.18. The number of hydrogen-bond donors (Lipinski definition) is 0. The lowest BCUT2D eigenvalue weighted by atomic mass is 10.1. The number of esters is 1. The molecule has 0 N–H and O–H groups in total. The number of carbonyl (C=O) groups excluding carboxylic acids is 2. The van der Waals surface area contributed by atoms with Crippen LogP contribution in [0.15, 0.2) is 82.4 Å². The van der Waals surface area contributed by atoms with E-state index in [-0.39, 0.29) is 18.6 Å². The van der Waals surface area contributed by atoms with E-state index >= 15 is 0 Å². The summed E-state index contributed by atoms with van der Waals surface area (Å²) in [4.78, 5) is 32.2. The number of anilines is 1. The molecule has 0 saturated heterocycles. The van der Waals surface area contributed by atoms with Gasteiger partial charge < -0.3 is 4.74 Å². The van der Waals surface area contributed by atoms with E-state index in [0.717, 1.165) is 21.9 Å². The molecule has 1 unspecified atom stereocenters. The molecule has 1 aliphatic heterocycles. The van der Waals surface area contributed by atoms with Gasteiger partial charge in [-0.05, 0) is 39.7 Å². The second-order valence-electron chi connectivity index (χ2n) is 6.44. The summed E-state index contributed by atoms with van der Waals surface area (Å²) in [5, 5.41) is 0. The Morgan fingerprint density at radius 3 is 2.66 bits per heavy atom. The lowest BCUT2D eigenvalue weighted by molar-refractivity contribution is -0.122. The van der Waals surface area contributed by atoms with Crippen molar-refractivity contribution >= 4 is 45.3 Å². The number of rotatable bonds is 4.